The fourth-order valence-corrected chi connectivity index (χ4v) is 5.32. The molecule has 1 aromatic rings. The number of benzene rings is 1. The standard InChI is InChI=1S/C24H28ClNO2/c1-14-21-17(10-23(2,3)12-19(21)27)26(16-8-6-15(25)7-9-16)18-11-24(4,5)13-20(28)22(14)18/h6-9,14H,10-13H2,1-5H3. The molecule has 0 atom stereocenters. The van der Waals surface area contributed by atoms with E-state index in [0.717, 1.165) is 41.1 Å². The van der Waals surface area contributed by atoms with E-state index < -0.39 is 0 Å². The molecule has 2 aliphatic carbocycles. The minimum absolute atomic E-state index is 0.0907. The van der Waals surface area contributed by atoms with E-state index in [9.17, 15) is 9.59 Å². The Morgan fingerprint density at radius 2 is 1.25 bits per heavy atom. The molecule has 148 valence electrons. The molecule has 3 aliphatic rings. The van der Waals surface area contributed by atoms with E-state index in [1.165, 1.54) is 0 Å². The van der Waals surface area contributed by atoms with Crippen LogP contribution < -0.4 is 4.90 Å². The lowest BCUT2D eigenvalue weighted by Crippen LogP contribution is -2.44. The summed E-state index contributed by atoms with van der Waals surface area (Å²) in [7, 11) is 0. The Balaban J connectivity index is 1.96. The first kappa shape index (κ1) is 19.4. The first-order valence-corrected chi connectivity index (χ1v) is 10.5. The van der Waals surface area contributed by atoms with Crippen LogP contribution in [0.15, 0.2) is 46.8 Å². The van der Waals surface area contributed by atoms with Crippen molar-refractivity contribution in [2.75, 3.05) is 4.90 Å². The monoisotopic (exact) mass is 397 g/mol. The summed E-state index contributed by atoms with van der Waals surface area (Å²) in [5, 5.41) is 0.678. The first-order chi connectivity index (χ1) is 13.0. The Labute approximate surface area is 172 Å². The van der Waals surface area contributed by atoms with Gasteiger partial charge in [-0.25, -0.2) is 0 Å². The molecule has 0 bridgehead atoms. The van der Waals surface area contributed by atoms with E-state index in [4.69, 9.17) is 11.6 Å². The van der Waals surface area contributed by atoms with Gasteiger partial charge < -0.3 is 4.90 Å². The van der Waals surface area contributed by atoms with Crippen molar-refractivity contribution in [3.8, 4) is 0 Å². The maximum Gasteiger partial charge on any atom is 0.161 e. The summed E-state index contributed by atoms with van der Waals surface area (Å²) in [6.45, 7) is 10.6. The molecule has 0 aromatic heterocycles. The van der Waals surface area contributed by atoms with Gasteiger partial charge in [0, 0.05) is 52.0 Å². The zero-order valence-electron chi connectivity index (χ0n) is 17.4. The fraction of sp³-hybridized carbons (Fsp3) is 0.500. The van der Waals surface area contributed by atoms with Gasteiger partial charge in [0.2, 0.25) is 0 Å². The van der Waals surface area contributed by atoms with Gasteiger partial charge in [-0.15, -0.1) is 0 Å². The lowest BCUT2D eigenvalue weighted by molar-refractivity contribution is -0.119. The maximum atomic E-state index is 13.2. The second-order valence-corrected chi connectivity index (χ2v) is 10.6. The molecule has 0 saturated heterocycles. The molecule has 0 saturated carbocycles. The highest BCUT2D eigenvalue weighted by Gasteiger charge is 2.47. The van der Waals surface area contributed by atoms with Crippen molar-refractivity contribution in [1.82, 2.24) is 0 Å². The predicted octanol–water partition coefficient (Wildman–Crippen LogP) is 6.08. The molecule has 4 rings (SSSR count). The van der Waals surface area contributed by atoms with Gasteiger partial charge in [0.05, 0.1) is 0 Å². The molecule has 0 spiro atoms. The Morgan fingerprint density at radius 1 is 0.821 bits per heavy atom. The molecule has 0 amide bonds. The van der Waals surface area contributed by atoms with E-state index in [2.05, 4.69) is 32.6 Å². The molecule has 0 N–H and O–H groups in total. The summed E-state index contributed by atoms with van der Waals surface area (Å²) in [5.41, 5.74) is 4.61. The van der Waals surface area contributed by atoms with Crippen LogP contribution in [0.2, 0.25) is 5.02 Å². The normalized spacial score (nSPS) is 24.4. The van der Waals surface area contributed by atoms with Gasteiger partial charge in [-0.1, -0.05) is 46.2 Å². The molecular weight excluding hydrogens is 370 g/mol. The van der Waals surface area contributed by atoms with Gasteiger partial charge >= 0.3 is 0 Å². The lowest BCUT2D eigenvalue weighted by Gasteiger charge is -2.48. The molecule has 0 fully saturated rings. The number of Topliss-reactive ketones (excluding diaryl/α,β-unsaturated/α-hetero) is 2. The topological polar surface area (TPSA) is 37.4 Å². The fourth-order valence-electron chi connectivity index (χ4n) is 5.19. The average Bonchev–Trinajstić information content (AvgIpc) is 2.53. The molecule has 1 aliphatic heterocycles. The third-order valence-corrected chi connectivity index (χ3v) is 6.54. The SMILES string of the molecule is CC1C2=C(CC(C)(C)CC2=O)N(c2ccc(Cl)cc2)C2=C1C(=O)CC(C)(C)C2. The van der Waals surface area contributed by atoms with E-state index in [-0.39, 0.29) is 28.3 Å². The summed E-state index contributed by atoms with van der Waals surface area (Å²) in [6.07, 6.45) is 2.72. The molecule has 28 heavy (non-hydrogen) atoms. The van der Waals surface area contributed by atoms with Crippen molar-refractivity contribution in [3.05, 3.63) is 51.8 Å². The van der Waals surface area contributed by atoms with E-state index in [0.29, 0.717) is 17.9 Å². The minimum Gasteiger partial charge on any atom is -0.317 e. The molecule has 0 unspecified atom stereocenters. The van der Waals surface area contributed by atoms with Gasteiger partial charge in [-0.2, -0.15) is 0 Å². The number of allylic oxidation sites excluding steroid dienone is 4. The molecule has 4 heteroatoms. The number of hydrogen-bond acceptors (Lipinski definition) is 3. The van der Waals surface area contributed by atoms with Crippen molar-refractivity contribution in [1.29, 1.82) is 0 Å². The Morgan fingerprint density at radius 3 is 1.68 bits per heavy atom. The van der Waals surface area contributed by atoms with Gasteiger partial charge in [-0.05, 0) is 47.9 Å². The van der Waals surface area contributed by atoms with Gasteiger partial charge in [0.25, 0.3) is 0 Å². The van der Waals surface area contributed by atoms with E-state index >= 15 is 0 Å². The number of ketones is 2. The smallest absolute Gasteiger partial charge is 0.161 e. The van der Waals surface area contributed by atoms with Crippen LogP contribution in [-0.2, 0) is 9.59 Å². The molecule has 1 aromatic carbocycles. The Bertz CT molecular complexity index is 880. The van der Waals surface area contributed by atoms with Crippen molar-refractivity contribution in [2.45, 2.75) is 60.3 Å². The minimum atomic E-state index is -0.124. The number of halogens is 1. The van der Waals surface area contributed by atoms with Gasteiger partial charge in [0.1, 0.15) is 0 Å². The maximum absolute atomic E-state index is 13.2. The third kappa shape index (κ3) is 3.14. The molecular formula is C24H28ClNO2. The van der Waals surface area contributed by atoms with E-state index in [1.807, 2.05) is 31.2 Å². The van der Waals surface area contributed by atoms with Gasteiger partial charge in [-0.3, -0.25) is 9.59 Å². The van der Waals surface area contributed by atoms with Crippen molar-refractivity contribution >= 4 is 28.9 Å². The van der Waals surface area contributed by atoms with Crippen LogP contribution in [0.5, 0.6) is 0 Å². The molecule has 1 heterocycles. The first-order valence-electron chi connectivity index (χ1n) is 10.1. The van der Waals surface area contributed by atoms with Crippen LogP contribution in [0.3, 0.4) is 0 Å². The van der Waals surface area contributed by atoms with Crippen LogP contribution in [0, 0.1) is 16.7 Å². The van der Waals surface area contributed by atoms with Crippen LogP contribution >= 0.6 is 11.6 Å². The second kappa shape index (κ2) is 6.32. The summed E-state index contributed by atoms with van der Waals surface area (Å²) in [5.74, 6) is 0.240. The summed E-state index contributed by atoms with van der Waals surface area (Å²) < 4.78 is 0. The van der Waals surface area contributed by atoms with E-state index in [1.54, 1.807) is 0 Å². The number of carbonyl (C=O) groups excluding carboxylic acids is 2. The van der Waals surface area contributed by atoms with Gasteiger partial charge in [0.15, 0.2) is 11.6 Å². The van der Waals surface area contributed by atoms with Crippen molar-refractivity contribution < 1.29 is 9.59 Å². The average molecular weight is 398 g/mol. The quantitative estimate of drug-likeness (QED) is 0.576. The largest absolute Gasteiger partial charge is 0.317 e. The molecule has 0 radical (unpaired) electrons. The number of anilines is 1. The predicted molar refractivity (Wildman–Crippen MR) is 113 cm³/mol. The van der Waals surface area contributed by atoms with Crippen molar-refractivity contribution in [2.24, 2.45) is 16.7 Å². The highest BCUT2D eigenvalue weighted by atomic mass is 35.5. The number of rotatable bonds is 1. The van der Waals surface area contributed by atoms with Crippen LogP contribution in [0.25, 0.3) is 0 Å². The summed E-state index contributed by atoms with van der Waals surface area (Å²) in [4.78, 5) is 28.5. The summed E-state index contributed by atoms with van der Waals surface area (Å²) in [6, 6.07) is 7.74. The van der Waals surface area contributed by atoms with Crippen LogP contribution in [-0.4, -0.2) is 11.6 Å². The number of nitrogens with zero attached hydrogens (tertiary/aromatic N) is 1. The third-order valence-electron chi connectivity index (χ3n) is 6.28. The Kier molecular flexibility index (Phi) is 4.39. The lowest BCUT2D eigenvalue weighted by atomic mass is 9.65. The number of carbonyl (C=O) groups is 2. The molecule has 3 nitrogen and oxygen atoms in total. The van der Waals surface area contributed by atoms with Crippen LogP contribution in [0.4, 0.5) is 5.69 Å². The Hall–Kier alpha value is -1.87. The van der Waals surface area contributed by atoms with Crippen molar-refractivity contribution in [3.63, 3.8) is 0 Å². The summed E-state index contributed by atoms with van der Waals surface area (Å²) >= 11 is 6.13. The zero-order valence-corrected chi connectivity index (χ0v) is 18.1. The van der Waals surface area contributed by atoms with Crippen LogP contribution in [0.1, 0.15) is 60.3 Å². The zero-order chi connectivity index (χ0) is 20.4. The highest BCUT2D eigenvalue weighted by molar-refractivity contribution is 6.30. The highest BCUT2D eigenvalue weighted by Crippen LogP contribution is 2.52. The second-order valence-electron chi connectivity index (χ2n) is 10.1. The number of hydrogen-bond donors (Lipinski definition) is 0.